The Labute approximate surface area is 147 Å². The van der Waals surface area contributed by atoms with Gasteiger partial charge in [-0.25, -0.2) is 9.97 Å². The van der Waals surface area contributed by atoms with Crippen molar-refractivity contribution in [2.45, 2.75) is 45.4 Å². The van der Waals surface area contributed by atoms with Crippen LogP contribution in [0.3, 0.4) is 0 Å². The highest BCUT2D eigenvalue weighted by Gasteiger charge is 2.52. The van der Waals surface area contributed by atoms with Crippen LogP contribution < -0.4 is 10.8 Å². The van der Waals surface area contributed by atoms with Gasteiger partial charge in [-0.2, -0.15) is 0 Å². The van der Waals surface area contributed by atoms with Crippen LogP contribution in [0.5, 0.6) is 0 Å². The molecule has 2 heterocycles. The molecule has 1 N–H and O–H groups in total. The first-order valence-electron chi connectivity index (χ1n) is 7.94. The zero-order valence-electron chi connectivity index (χ0n) is 14.3. The van der Waals surface area contributed by atoms with Crippen molar-refractivity contribution >= 4 is 30.0 Å². The standard InChI is InChI=1S/C17H21BClN3O2/c1-16(2)17(3,4)24-18(23-16)13-11-21-15(19)22-14(13)20-10-12-8-6-5-7-9-12/h5-9,11H,10H2,1-4H3,(H,20,21,22). The molecule has 2 aromatic rings. The molecule has 1 aromatic carbocycles. The Balaban J connectivity index is 1.84. The second-order valence-corrected chi connectivity index (χ2v) is 7.21. The van der Waals surface area contributed by atoms with Crippen molar-refractivity contribution < 1.29 is 9.31 Å². The largest absolute Gasteiger partial charge is 0.500 e. The second kappa shape index (κ2) is 6.35. The molecule has 1 aliphatic rings. The maximum Gasteiger partial charge on any atom is 0.500 e. The van der Waals surface area contributed by atoms with E-state index in [1.165, 1.54) is 0 Å². The second-order valence-electron chi connectivity index (χ2n) is 6.87. The van der Waals surface area contributed by atoms with Gasteiger partial charge in [0, 0.05) is 18.2 Å². The van der Waals surface area contributed by atoms with Crippen molar-refractivity contribution in [3.8, 4) is 0 Å². The van der Waals surface area contributed by atoms with Crippen LogP contribution in [0.25, 0.3) is 0 Å². The van der Waals surface area contributed by atoms with Crippen molar-refractivity contribution in [1.82, 2.24) is 9.97 Å². The Morgan fingerprint density at radius 2 is 1.71 bits per heavy atom. The van der Waals surface area contributed by atoms with E-state index in [9.17, 15) is 0 Å². The fraction of sp³-hybridized carbons (Fsp3) is 0.412. The summed E-state index contributed by atoms with van der Waals surface area (Å²) in [4.78, 5) is 8.40. The zero-order valence-corrected chi connectivity index (χ0v) is 15.1. The molecule has 5 nitrogen and oxygen atoms in total. The van der Waals surface area contributed by atoms with Crippen molar-refractivity contribution in [3.05, 3.63) is 47.4 Å². The van der Waals surface area contributed by atoms with Gasteiger partial charge in [0.15, 0.2) is 0 Å². The molecule has 24 heavy (non-hydrogen) atoms. The third kappa shape index (κ3) is 3.41. The van der Waals surface area contributed by atoms with Crippen molar-refractivity contribution in [1.29, 1.82) is 0 Å². The number of hydrogen-bond acceptors (Lipinski definition) is 5. The van der Waals surface area contributed by atoms with E-state index < -0.39 is 18.3 Å². The Kier molecular flexibility index (Phi) is 4.55. The number of rotatable bonds is 4. The first-order valence-corrected chi connectivity index (χ1v) is 8.32. The Bertz CT molecular complexity index is 709. The van der Waals surface area contributed by atoms with Crippen LogP contribution >= 0.6 is 11.6 Å². The quantitative estimate of drug-likeness (QED) is 0.682. The maximum atomic E-state index is 6.10. The Morgan fingerprint density at radius 3 is 2.33 bits per heavy atom. The molecule has 1 fully saturated rings. The molecule has 0 aliphatic carbocycles. The van der Waals surface area contributed by atoms with Crippen molar-refractivity contribution in [2.24, 2.45) is 0 Å². The predicted octanol–water partition coefficient (Wildman–Crippen LogP) is 3.04. The topological polar surface area (TPSA) is 56.3 Å². The van der Waals surface area contributed by atoms with Gasteiger partial charge in [0.1, 0.15) is 5.82 Å². The minimum Gasteiger partial charge on any atom is -0.399 e. The molecule has 0 radical (unpaired) electrons. The first kappa shape index (κ1) is 17.2. The maximum absolute atomic E-state index is 6.10. The summed E-state index contributed by atoms with van der Waals surface area (Å²) in [5.41, 5.74) is 1.04. The molecule has 3 rings (SSSR count). The van der Waals surface area contributed by atoms with Crippen LogP contribution in [0.2, 0.25) is 5.28 Å². The van der Waals surface area contributed by atoms with E-state index in [4.69, 9.17) is 20.9 Å². The molecule has 0 spiro atoms. The number of nitrogens with zero attached hydrogens (tertiary/aromatic N) is 2. The SMILES string of the molecule is CC1(C)OB(c2cnc(Cl)nc2NCc2ccccc2)OC1(C)C. The average Bonchev–Trinajstić information content (AvgIpc) is 2.74. The molecule has 1 aromatic heterocycles. The normalized spacial score (nSPS) is 18.6. The van der Waals surface area contributed by atoms with E-state index in [0.717, 1.165) is 11.0 Å². The number of nitrogens with one attached hydrogen (secondary N) is 1. The zero-order chi connectivity index (χ0) is 17.4. The van der Waals surface area contributed by atoms with Crippen LogP contribution in [0, 0.1) is 0 Å². The van der Waals surface area contributed by atoms with E-state index in [2.05, 4.69) is 15.3 Å². The highest BCUT2D eigenvalue weighted by atomic mass is 35.5. The van der Waals surface area contributed by atoms with E-state index in [1.54, 1.807) is 6.20 Å². The number of halogens is 1. The highest BCUT2D eigenvalue weighted by molar-refractivity contribution is 6.63. The van der Waals surface area contributed by atoms with Gasteiger partial charge in [-0.15, -0.1) is 0 Å². The lowest BCUT2D eigenvalue weighted by molar-refractivity contribution is 0.00578. The van der Waals surface area contributed by atoms with Crippen LogP contribution in [-0.2, 0) is 15.9 Å². The van der Waals surface area contributed by atoms with Crippen LogP contribution in [0.15, 0.2) is 36.5 Å². The molecule has 0 unspecified atom stereocenters. The average molecular weight is 346 g/mol. The fourth-order valence-corrected chi connectivity index (χ4v) is 2.57. The Morgan fingerprint density at radius 1 is 1.08 bits per heavy atom. The van der Waals surface area contributed by atoms with Gasteiger partial charge in [0.25, 0.3) is 0 Å². The predicted molar refractivity (Wildman–Crippen MR) is 96.5 cm³/mol. The summed E-state index contributed by atoms with van der Waals surface area (Å²) in [7, 11) is -0.537. The van der Waals surface area contributed by atoms with Gasteiger partial charge in [0.05, 0.1) is 11.2 Å². The monoisotopic (exact) mass is 345 g/mol. The van der Waals surface area contributed by atoms with E-state index in [-0.39, 0.29) is 5.28 Å². The number of anilines is 1. The van der Waals surface area contributed by atoms with Crippen LogP contribution in [-0.4, -0.2) is 28.3 Å². The van der Waals surface area contributed by atoms with Gasteiger partial charge in [-0.05, 0) is 44.9 Å². The molecule has 0 saturated carbocycles. The number of aromatic nitrogens is 2. The van der Waals surface area contributed by atoms with E-state index >= 15 is 0 Å². The summed E-state index contributed by atoms with van der Waals surface area (Å²) < 4.78 is 12.2. The minimum absolute atomic E-state index is 0.186. The summed E-state index contributed by atoms with van der Waals surface area (Å²) >= 11 is 5.97. The lowest BCUT2D eigenvalue weighted by atomic mass is 9.80. The van der Waals surface area contributed by atoms with Gasteiger partial charge < -0.3 is 14.6 Å². The summed E-state index contributed by atoms with van der Waals surface area (Å²) in [6.07, 6.45) is 1.66. The number of hydrogen-bond donors (Lipinski definition) is 1. The van der Waals surface area contributed by atoms with E-state index in [1.807, 2.05) is 58.0 Å². The molecule has 0 amide bonds. The third-order valence-electron chi connectivity index (χ3n) is 4.60. The first-order chi connectivity index (χ1) is 11.3. The van der Waals surface area contributed by atoms with Crippen molar-refractivity contribution in [3.63, 3.8) is 0 Å². The van der Waals surface area contributed by atoms with Crippen LogP contribution in [0.4, 0.5) is 5.82 Å². The Hall–Kier alpha value is -1.63. The molecule has 0 atom stereocenters. The summed E-state index contributed by atoms with van der Waals surface area (Å²) in [6, 6.07) is 10.1. The minimum atomic E-state index is -0.537. The van der Waals surface area contributed by atoms with Crippen LogP contribution in [0.1, 0.15) is 33.3 Å². The van der Waals surface area contributed by atoms with Gasteiger partial charge in [-0.1, -0.05) is 30.3 Å². The molecule has 7 heteroatoms. The van der Waals surface area contributed by atoms with Gasteiger partial charge in [0.2, 0.25) is 5.28 Å². The molecule has 0 bridgehead atoms. The third-order valence-corrected chi connectivity index (χ3v) is 4.78. The lowest BCUT2D eigenvalue weighted by Gasteiger charge is -2.32. The van der Waals surface area contributed by atoms with E-state index in [0.29, 0.717) is 12.4 Å². The molecular weight excluding hydrogens is 324 g/mol. The summed E-state index contributed by atoms with van der Waals surface area (Å²) in [5, 5.41) is 3.49. The van der Waals surface area contributed by atoms with Crippen molar-refractivity contribution in [2.75, 3.05) is 5.32 Å². The molecule has 126 valence electrons. The summed E-state index contributed by atoms with van der Waals surface area (Å²) in [5.74, 6) is 0.623. The molecule has 1 aliphatic heterocycles. The highest BCUT2D eigenvalue weighted by Crippen LogP contribution is 2.36. The molecular formula is C17H21BClN3O2. The summed E-state index contributed by atoms with van der Waals surface area (Å²) in [6.45, 7) is 8.68. The lowest BCUT2D eigenvalue weighted by Crippen LogP contribution is -2.41. The fourth-order valence-electron chi connectivity index (χ4n) is 2.44. The number of benzene rings is 1. The van der Waals surface area contributed by atoms with Gasteiger partial charge >= 0.3 is 7.12 Å². The molecule has 1 saturated heterocycles. The smallest absolute Gasteiger partial charge is 0.399 e. The van der Waals surface area contributed by atoms with Gasteiger partial charge in [-0.3, -0.25) is 0 Å².